The lowest BCUT2D eigenvalue weighted by Crippen LogP contribution is -2.21. The van der Waals surface area contributed by atoms with E-state index < -0.39 is 13.4 Å². The molecule has 2 N–H and O–H groups in total. The van der Waals surface area contributed by atoms with Crippen molar-refractivity contribution in [1.29, 1.82) is 0 Å². The number of benzene rings is 1. The first-order valence-electron chi connectivity index (χ1n) is 7.50. The highest BCUT2D eigenvalue weighted by Gasteiger charge is 2.31. The number of hydrogen-bond donors (Lipinski definition) is 2. The molecule has 0 aliphatic carbocycles. The molecular weight excluding hydrogens is 325 g/mol. The summed E-state index contributed by atoms with van der Waals surface area (Å²) in [5.74, 6) is 0. The summed E-state index contributed by atoms with van der Waals surface area (Å²) in [4.78, 5) is 10.1. The molecule has 1 unspecified atom stereocenters. The number of hydrogen-bond acceptors (Lipinski definition) is 4. The Balaban J connectivity index is 2.33. The maximum atomic E-state index is 12.2. The van der Waals surface area contributed by atoms with Crippen molar-refractivity contribution in [2.24, 2.45) is 0 Å². The van der Waals surface area contributed by atoms with Crippen molar-refractivity contribution in [3.05, 3.63) is 34.9 Å². The molecule has 0 aliphatic rings. The van der Waals surface area contributed by atoms with Gasteiger partial charge in [0.2, 0.25) is 6.03 Å². The molecule has 1 aromatic carbocycles. The van der Waals surface area contributed by atoms with Crippen LogP contribution in [0.4, 0.5) is 0 Å². The average Bonchev–Trinajstić information content (AvgIpc) is 2.48. The van der Waals surface area contributed by atoms with E-state index in [1.54, 1.807) is 13.8 Å². The highest BCUT2D eigenvalue weighted by Crippen LogP contribution is 2.47. The van der Waals surface area contributed by atoms with Gasteiger partial charge in [0.15, 0.2) is 0 Å². The fourth-order valence-corrected chi connectivity index (χ4v) is 3.76. The molecule has 1 atom stereocenters. The van der Waals surface area contributed by atoms with Crippen molar-refractivity contribution in [2.45, 2.75) is 32.8 Å². The van der Waals surface area contributed by atoms with Crippen molar-refractivity contribution in [1.82, 2.24) is 5.32 Å². The van der Waals surface area contributed by atoms with E-state index >= 15 is 0 Å². The molecule has 22 heavy (non-hydrogen) atoms. The Morgan fingerprint density at radius 3 is 2.50 bits per heavy atom. The number of rotatable bonds is 11. The predicted octanol–water partition coefficient (Wildman–Crippen LogP) is 3.45. The van der Waals surface area contributed by atoms with Crippen LogP contribution in [-0.2, 0) is 20.6 Å². The zero-order valence-electron chi connectivity index (χ0n) is 13.1. The maximum absolute atomic E-state index is 12.2. The Kier molecular flexibility index (Phi) is 9.25. The van der Waals surface area contributed by atoms with Crippen molar-refractivity contribution in [3.8, 4) is 0 Å². The molecule has 1 aromatic rings. The molecule has 0 heterocycles. The van der Waals surface area contributed by atoms with Gasteiger partial charge in [0.1, 0.15) is 0 Å². The van der Waals surface area contributed by atoms with E-state index in [-0.39, 0.29) is 6.16 Å². The molecular formula is C15H25ClNO4P. The monoisotopic (exact) mass is 349 g/mol. The van der Waals surface area contributed by atoms with E-state index in [0.717, 1.165) is 10.6 Å². The summed E-state index contributed by atoms with van der Waals surface area (Å²) in [5.41, 5.74) is 1.01. The van der Waals surface area contributed by atoms with Gasteiger partial charge in [-0.05, 0) is 38.4 Å². The SMILES string of the molecule is CCOC(OCC)P(=O)(O)CCCNCc1ccccc1Cl. The summed E-state index contributed by atoms with van der Waals surface area (Å²) in [5, 5.41) is 3.94. The number of nitrogens with one attached hydrogen (secondary N) is 1. The zero-order chi connectivity index (χ0) is 16.4. The standard InChI is InChI=1S/C15H25ClNO4P/c1-3-20-15(21-4-2)22(18,19)11-7-10-17-12-13-8-5-6-9-14(13)16/h5-6,8-9,15,17H,3-4,7,10-12H2,1-2H3,(H,18,19). The first-order chi connectivity index (χ1) is 10.5. The minimum Gasteiger partial charge on any atom is -0.345 e. The minimum atomic E-state index is -3.47. The van der Waals surface area contributed by atoms with Gasteiger partial charge in [-0.25, -0.2) is 0 Å². The molecule has 5 nitrogen and oxygen atoms in total. The van der Waals surface area contributed by atoms with Gasteiger partial charge in [-0.3, -0.25) is 4.57 Å². The summed E-state index contributed by atoms with van der Waals surface area (Å²) < 4.78 is 22.7. The normalized spacial score (nSPS) is 14.2. The van der Waals surface area contributed by atoms with Gasteiger partial charge in [0, 0.05) is 30.9 Å². The van der Waals surface area contributed by atoms with Crippen molar-refractivity contribution in [2.75, 3.05) is 25.9 Å². The molecule has 0 aliphatic heterocycles. The van der Waals surface area contributed by atoms with E-state index in [4.69, 9.17) is 21.1 Å². The second kappa shape index (κ2) is 10.4. The summed E-state index contributed by atoms with van der Waals surface area (Å²) in [7, 11) is -3.47. The summed E-state index contributed by atoms with van der Waals surface area (Å²) >= 11 is 6.06. The van der Waals surface area contributed by atoms with Gasteiger partial charge < -0.3 is 19.7 Å². The molecule has 7 heteroatoms. The third-order valence-electron chi connectivity index (χ3n) is 3.05. The molecule has 0 amide bonds. The Morgan fingerprint density at radius 2 is 1.91 bits per heavy atom. The molecule has 0 spiro atoms. The van der Waals surface area contributed by atoms with Crippen LogP contribution in [0.25, 0.3) is 0 Å². The fraction of sp³-hybridized carbons (Fsp3) is 0.600. The van der Waals surface area contributed by atoms with Crippen molar-refractivity contribution in [3.63, 3.8) is 0 Å². The third-order valence-corrected chi connectivity index (χ3v) is 5.34. The molecule has 126 valence electrons. The van der Waals surface area contributed by atoms with Crippen molar-refractivity contribution < 1.29 is 18.9 Å². The summed E-state index contributed by atoms with van der Waals surface area (Å²) in [6.07, 6.45) is 0.724. The first-order valence-corrected chi connectivity index (χ1v) is 9.79. The van der Waals surface area contributed by atoms with E-state index in [2.05, 4.69) is 5.32 Å². The fourth-order valence-electron chi connectivity index (χ4n) is 1.97. The van der Waals surface area contributed by atoms with Crippen LogP contribution >= 0.6 is 19.0 Å². The number of halogens is 1. The average molecular weight is 350 g/mol. The molecule has 0 saturated heterocycles. The topological polar surface area (TPSA) is 67.8 Å². The molecule has 1 rings (SSSR count). The lowest BCUT2D eigenvalue weighted by atomic mass is 10.2. The largest absolute Gasteiger partial charge is 0.345 e. The van der Waals surface area contributed by atoms with Crippen molar-refractivity contribution >= 4 is 19.0 Å². The molecule has 0 radical (unpaired) electrons. The highest BCUT2D eigenvalue weighted by molar-refractivity contribution is 7.58. The first kappa shape index (κ1) is 19.6. The van der Waals surface area contributed by atoms with Crippen LogP contribution in [0, 0.1) is 0 Å². The van der Waals surface area contributed by atoms with E-state index in [0.29, 0.717) is 32.7 Å². The van der Waals surface area contributed by atoms with Crippen LogP contribution in [0.3, 0.4) is 0 Å². The second-order valence-corrected chi connectivity index (χ2v) is 7.61. The predicted molar refractivity (Wildman–Crippen MR) is 89.5 cm³/mol. The van der Waals surface area contributed by atoms with Gasteiger partial charge in [0.25, 0.3) is 7.37 Å². The van der Waals surface area contributed by atoms with Gasteiger partial charge >= 0.3 is 0 Å². The number of ether oxygens (including phenoxy) is 2. The molecule has 0 fully saturated rings. The zero-order valence-corrected chi connectivity index (χ0v) is 14.8. The maximum Gasteiger partial charge on any atom is 0.255 e. The summed E-state index contributed by atoms with van der Waals surface area (Å²) in [6, 6.07) is 6.59. The van der Waals surface area contributed by atoms with Crippen LogP contribution in [0.1, 0.15) is 25.8 Å². The Bertz CT molecular complexity index is 480. The third kappa shape index (κ3) is 6.78. The van der Waals surface area contributed by atoms with E-state index in [1.807, 2.05) is 24.3 Å². The van der Waals surface area contributed by atoms with Gasteiger partial charge in [-0.15, -0.1) is 0 Å². The Hall–Kier alpha value is -0.420. The van der Waals surface area contributed by atoms with Crippen LogP contribution in [-0.4, -0.2) is 36.8 Å². The second-order valence-electron chi connectivity index (χ2n) is 4.82. The van der Waals surface area contributed by atoms with Crippen LogP contribution in [0.5, 0.6) is 0 Å². The van der Waals surface area contributed by atoms with Crippen LogP contribution < -0.4 is 5.32 Å². The molecule has 0 aromatic heterocycles. The van der Waals surface area contributed by atoms with Gasteiger partial charge in [-0.2, -0.15) is 0 Å². The minimum absolute atomic E-state index is 0.160. The molecule has 0 saturated carbocycles. The van der Waals surface area contributed by atoms with Crippen LogP contribution in [0.2, 0.25) is 5.02 Å². The quantitative estimate of drug-likeness (QED) is 0.364. The lowest BCUT2D eigenvalue weighted by molar-refractivity contribution is -0.0871. The van der Waals surface area contributed by atoms with Gasteiger partial charge in [-0.1, -0.05) is 29.8 Å². The molecule has 0 bridgehead atoms. The summed E-state index contributed by atoms with van der Waals surface area (Å²) in [6.45, 7) is 5.50. The lowest BCUT2D eigenvalue weighted by Gasteiger charge is -2.22. The van der Waals surface area contributed by atoms with E-state index in [9.17, 15) is 9.46 Å². The van der Waals surface area contributed by atoms with Crippen LogP contribution in [0.15, 0.2) is 24.3 Å². The van der Waals surface area contributed by atoms with Gasteiger partial charge in [0.05, 0.1) is 0 Å². The highest BCUT2D eigenvalue weighted by atomic mass is 35.5. The smallest absolute Gasteiger partial charge is 0.255 e. The Morgan fingerprint density at radius 1 is 1.27 bits per heavy atom. The van der Waals surface area contributed by atoms with E-state index in [1.165, 1.54) is 0 Å². The Labute approximate surface area is 137 Å².